The van der Waals surface area contributed by atoms with E-state index in [0.717, 1.165) is 37.9 Å². The monoisotopic (exact) mass is 365 g/mol. The summed E-state index contributed by atoms with van der Waals surface area (Å²) in [6.07, 6.45) is 3.11. The van der Waals surface area contributed by atoms with Gasteiger partial charge in [0.15, 0.2) is 0 Å². The zero-order valence-electron chi connectivity index (χ0n) is 15.1. The summed E-state index contributed by atoms with van der Waals surface area (Å²) in [6, 6.07) is 0. The first-order valence-corrected chi connectivity index (χ1v) is 9.77. The molecular weight excluding hydrogens is 338 g/mol. The van der Waals surface area contributed by atoms with E-state index < -0.39 is 5.91 Å². The van der Waals surface area contributed by atoms with Gasteiger partial charge in [0.25, 0.3) is 5.91 Å². The molecule has 1 aromatic rings. The van der Waals surface area contributed by atoms with Gasteiger partial charge in [-0.15, -0.1) is 11.3 Å². The second kappa shape index (κ2) is 7.43. The second-order valence-corrected chi connectivity index (χ2v) is 8.52. The third-order valence-corrected chi connectivity index (χ3v) is 6.04. The molecule has 0 bridgehead atoms. The van der Waals surface area contributed by atoms with Crippen LogP contribution in [0.15, 0.2) is 0 Å². The molecule has 2 amide bonds. The number of hydrogen-bond acceptors (Lipinski definition) is 5. The van der Waals surface area contributed by atoms with E-state index in [1.165, 1.54) is 16.2 Å². The SMILES string of the molecule is C[C@@H]1CCc2c(sc(NC(=O)CN3C[C@H](C)O[C@@H](C)C3)c2C(N)=O)C1. The number of thiophene rings is 1. The van der Waals surface area contributed by atoms with Crippen molar-refractivity contribution in [3.05, 3.63) is 16.0 Å². The smallest absolute Gasteiger partial charge is 0.251 e. The molecule has 6 nitrogen and oxygen atoms in total. The maximum Gasteiger partial charge on any atom is 0.251 e. The van der Waals surface area contributed by atoms with Crippen molar-refractivity contribution in [3.8, 4) is 0 Å². The average molecular weight is 365 g/mol. The first-order chi connectivity index (χ1) is 11.8. The standard InChI is InChI=1S/C18H27N3O3S/c1-10-4-5-13-14(6-10)25-18(16(13)17(19)23)20-15(22)9-21-7-11(2)24-12(3)8-21/h10-12H,4-9H2,1-3H3,(H2,19,23)(H,20,22)/t10-,11+,12+/m1/s1. The van der Waals surface area contributed by atoms with E-state index in [9.17, 15) is 9.59 Å². The van der Waals surface area contributed by atoms with Gasteiger partial charge in [0, 0.05) is 18.0 Å². The van der Waals surface area contributed by atoms with Crippen LogP contribution in [0.1, 0.15) is 48.0 Å². The van der Waals surface area contributed by atoms with Crippen LogP contribution in [0.2, 0.25) is 0 Å². The van der Waals surface area contributed by atoms with E-state index >= 15 is 0 Å². The van der Waals surface area contributed by atoms with Crippen molar-refractivity contribution >= 4 is 28.2 Å². The van der Waals surface area contributed by atoms with Crippen LogP contribution in [0.5, 0.6) is 0 Å². The van der Waals surface area contributed by atoms with Crippen LogP contribution in [-0.2, 0) is 22.4 Å². The summed E-state index contributed by atoms with van der Waals surface area (Å²) in [5, 5.41) is 3.55. The van der Waals surface area contributed by atoms with Gasteiger partial charge in [0.1, 0.15) is 5.00 Å². The van der Waals surface area contributed by atoms with Gasteiger partial charge in [0.05, 0.1) is 24.3 Å². The van der Waals surface area contributed by atoms with E-state index in [2.05, 4.69) is 17.1 Å². The number of primary amides is 1. The number of amides is 2. The average Bonchev–Trinajstić information content (AvgIpc) is 2.82. The molecule has 25 heavy (non-hydrogen) atoms. The van der Waals surface area contributed by atoms with Crippen LogP contribution in [0.25, 0.3) is 0 Å². The zero-order valence-corrected chi connectivity index (χ0v) is 15.9. The van der Waals surface area contributed by atoms with Crippen LogP contribution in [0, 0.1) is 5.92 Å². The van der Waals surface area contributed by atoms with Crippen LogP contribution in [0.3, 0.4) is 0 Å². The van der Waals surface area contributed by atoms with Crippen molar-refractivity contribution < 1.29 is 14.3 Å². The Hall–Kier alpha value is -1.44. The highest BCUT2D eigenvalue weighted by molar-refractivity contribution is 7.17. The van der Waals surface area contributed by atoms with Crippen molar-refractivity contribution in [2.24, 2.45) is 11.7 Å². The van der Waals surface area contributed by atoms with Gasteiger partial charge in [-0.1, -0.05) is 6.92 Å². The van der Waals surface area contributed by atoms with Crippen molar-refractivity contribution in [3.63, 3.8) is 0 Å². The lowest BCUT2D eigenvalue weighted by molar-refractivity contribution is -0.121. The maximum absolute atomic E-state index is 12.5. The quantitative estimate of drug-likeness (QED) is 0.855. The predicted molar refractivity (Wildman–Crippen MR) is 99.1 cm³/mol. The molecule has 0 aromatic carbocycles. The summed E-state index contributed by atoms with van der Waals surface area (Å²) in [4.78, 5) is 27.7. The molecule has 0 saturated carbocycles. The lowest BCUT2D eigenvalue weighted by Crippen LogP contribution is -2.48. The molecule has 1 aliphatic carbocycles. The Labute approximate surface area is 152 Å². The van der Waals surface area contributed by atoms with Crippen LogP contribution in [-0.4, -0.2) is 48.6 Å². The van der Waals surface area contributed by atoms with E-state index in [4.69, 9.17) is 10.5 Å². The molecule has 0 unspecified atom stereocenters. The highest BCUT2D eigenvalue weighted by atomic mass is 32.1. The fourth-order valence-corrected chi connectivity index (χ4v) is 5.31. The number of nitrogens with zero attached hydrogens (tertiary/aromatic N) is 1. The van der Waals surface area contributed by atoms with Gasteiger partial charge >= 0.3 is 0 Å². The van der Waals surface area contributed by atoms with Crippen molar-refractivity contribution in [2.45, 2.75) is 52.2 Å². The lowest BCUT2D eigenvalue weighted by atomic mass is 9.88. The molecule has 7 heteroatoms. The number of ether oxygens (including phenoxy) is 1. The molecule has 1 aliphatic heterocycles. The molecule has 2 aliphatic rings. The number of anilines is 1. The summed E-state index contributed by atoms with van der Waals surface area (Å²) in [6.45, 7) is 8.01. The van der Waals surface area contributed by atoms with Crippen LogP contribution < -0.4 is 11.1 Å². The van der Waals surface area contributed by atoms with E-state index in [0.29, 0.717) is 23.0 Å². The number of carbonyl (C=O) groups is 2. The maximum atomic E-state index is 12.5. The van der Waals surface area contributed by atoms with Crippen molar-refractivity contribution in [2.75, 3.05) is 25.0 Å². The molecule has 1 fully saturated rings. The third kappa shape index (κ3) is 4.22. The molecule has 3 atom stereocenters. The first kappa shape index (κ1) is 18.4. The van der Waals surface area contributed by atoms with E-state index in [-0.39, 0.29) is 18.1 Å². The molecule has 0 radical (unpaired) electrons. The molecule has 3 N–H and O–H groups in total. The fraction of sp³-hybridized carbons (Fsp3) is 0.667. The van der Waals surface area contributed by atoms with Crippen molar-refractivity contribution in [1.82, 2.24) is 4.90 Å². The number of carbonyl (C=O) groups excluding carboxylic acids is 2. The van der Waals surface area contributed by atoms with Gasteiger partial charge in [-0.2, -0.15) is 0 Å². The molecule has 1 aromatic heterocycles. The Morgan fingerprint density at radius 3 is 2.60 bits per heavy atom. The Morgan fingerprint density at radius 2 is 1.96 bits per heavy atom. The summed E-state index contributed by atoms with van der Waals surface area (Å²) >= 11 is 1.51. The van der Waals surface area contributed by atoms with Gasteiger partial charge in [-0.3, -0.25) is 14.5 Å². The van der Waals surface area contributed by atoms with Gasteiger partial charge < -0.3 is 15.8 Å². The lowest BCUT2D eigenvalue weighted by Gasteiger charge is -2.34. The molecule has 138 valence electrons. The Morgan fingerprint density at radius 1 is 1.28 bits per heavy atom. The fourth-order valence-electron chi connectivity index (χ4n) is 3.88. The summed E-state index contributed by atoms with van der Waals surface area (Å²) in [5.41, 5.74) is 7.16. The third-order valence-electron chi connectivity index (χ3n) is 4.87. The van der Waals surface area contributed by atoms with E-state index in [1.807, 2.05) is 13.8 Å². The van der Waals surface area contributed by atoms with Gasteiger partial charge in [-0.25, -0.2) is 0 Å². The summed E-state index contributed by atoms with van der Waals surface area (Å²) in [5.74, 6) is 0.0539. The van der Waals surface area contributed by atoms with E-state index in [1.54, 1.807) is 0 Å². The number of fused-ring (bicyclic) bond motifs is 1. The predicted octanol–water partition coefficient (Wildman–Crippen LogP) is 2.02. The molecule has 0 spiro atoms. The molecule has 2 heterocycles. The normalized spacial score (nSPS) is 26.9. The first-order valence-electron chi connectivity index (χ1n) is 8.95. The molecule has 3 rings (SSSR count). The minimum atomic E-state index is -0.448. The highest BCUT2D eigenvalue weighted by Crippen LogP contribution is 2.39. The summed E-state index contributed by atoms with van der Waals surface area (Å²) in [7, 11) is 0. The number of rotatable bonds is 4. The largest absolute Gasteiger partial charge is 0.373 e. The van der Waals surface area contributed by atoms with Crippen LogP contribution in [0.4, 0.5) is 5.00 Å². The second-order valence-electron chi connectivity index (χ2n) is 7.42. The van der Waals surface area contributed by atoms with Crippen LogP contribution >= 0.6 is 11.3 Å². The highest BCUT2D eigenvalue weighted by Gasteiger charge is 2.28. The Bertz CT molecular complexity index is 663. The molecule has 1 saturated heterocycles. The summed E-state index contributed by atoms with van der Waals surface area (Å²) < 4.78 is 5.70. The number of nitrogens with two attached hydrogens (primary N) is 1. The molecular formula is C18H27N3O3S. The Kier molecular flexibility index (Phi) is 5.46. The number of morpholine rings is 1. The number of nitrogens with one attached hydrogen (secondary N) is 1. The minimum absolute atomic E-state index is 0.101. The van der Waals surface area contributed by atoms with Gasteiger partial charge in [-0.05, 0) is 44.6 Å². The number of hydrogen-bond donors (Lipinski definition) is 2. The van der Waals surface area contributed by atoms with Gasteiger partial charge in [0.2, 0.25) is 5.91 Å². The minimum Gasteiger partial charge on any atom is -0.373 e. The Balaban J connectivity index is 1.72. The zero-order chi connectivity index (χ0) is 18.1. The van der Waals surface area contributed by atoms with Crippen molar-refractivity contribution in [1.29, 1.82) is 0 Å². The topological polar surface area (TPSA) is 84.7 Å².